The van der Waals surface area contributed by atoms with Crippen LogP contribution in [0.5, 0.6) is 0 Å². The third kappa shape index (κ3) is 4.91. The summed E-state index contributed by atoms with van der Waals surface area (Å²) in [5, 5.41) is 9.03. The number of ether oxygens (including phenoxy) is 2. The van der Waals surface area contributed by atoms with Crippen molar-refractivity contribution in [3.63, 3.8) is 0 Å². The number of nitrogens with zero attached hydrogens (tertiary/aromatic N) is 3. The predicted molar refractivity (Wildman–Crippen MR) is 101 cm³/mol. The Kier molecular flexibility index (Phi) is 6.53. The van der Waals surface area contributed by atoms with Crippen molar-refractivity contribution in [1.29, 1.82) is 5.26 Å². The van der Waals surface area contributed by atoms with Crippen LogP contribution in [-0.4, -0.2) is 55.3 Å². The van der Waals surface area contributed by atoms with Gasteiger partial charge in [-0.05, 0) is 37.1 Å². The minimum absolute atomic E-state index is 0.0344. The summed E-state index contributed by atoms with van der Waals surface area (Å²) in [6, 6.07) is 12.8. The predicted octanol–water partition coefficient (Wildman–Crippen LogP) is 2.89. The molecule has 0 N–H and O–H groups in total. The fraction of sp³-hybridized carbons (Fsp3) is 0.381. The molecule has 1 amide bonds. The fourth-order valence-electron chi connectivity index (χ4n) is 3.14. The number of carbonyl (C=O) groups is 1. The maximum atomic E-state index is 12.9. The molecule has 2 heterocycles. The average Bonchev–Trinajstić information content (AvgIpc) is 3.24. The standard InChI is InChI=1S/C21H23N3O3/c1-26-12-10-24(15-19-3-2-11-27-19)21(25)18-6-4-17(5-7-18)20-13-16(14-22)8-9-23-20/h4-9,13,19H,2-3,10-12,15H2,1H3/t19-/m0/s1. The van der Waals surface area contributed by atoms with Gasteiger partial charge in [0.15, 0.2) is 0 Å². The van der Waals surface area contributed by atoms with Crippen LogP contribution in [0.2, 0.25) is 0 Å². The van der Waals surface area contributed by atoms with Gasteiger partial charge in [-0.1, -0.05) is 12.1 Å². The van der Waals surface area contributed by atoms with Crippen LogP contribution in [0.3, 0.4) is 0 Å². The van der Waals surface area contributed by atoms with Gasteiger partial charge in [-0.15, -0.1) is 0 Å². The van der Waals surface area contributed by atoms with E-state index in [0.29, 0.717) is 36.5 Å². The second kappa shape index (κ2) is 9.26. The van der Waals surface area contributed by atoms with Crippen LogP contribution in [0.1, 0.15) is 28.8 Å². The summed E-state index contributed by atoms with van der Waals surface area (Å²) >= 11 is 0. The molecule has 6 nitrogen and oxygen atoms in total. The van der Waals surface area contributed by atoms with Crippen LogP contribution < -0.4 is 0 Å². The molecule has 1 aliphatic heterocycles. The van der Waals surface area contributed by atoms with E-state index in [1.165, 1.54) is 0 Å². The number of hydrogen-bond donors (Lipinski definition) is 0. The summed E-state index contributed by atoms with van der Waals surface area (Å²) in [5.41, 5.74) is 2.75. The summed E-state index contributed by atoms with van der Waals surface area (Å²) in [6.07, 6.45) is 3.74. The molecule has 6 heteroatoms. The van der Waals surface area contributed by atoms with Crippen molar-refractivity contribution in [2.45, 2.75) is 18.9 Å². The Morgan fingerprint density at radius 1 is 1.37 bits per heavy atom. The number of nitriles is 1. The van der Waals surface area contributed by atoms with Crippen molar-refractivity contribution in [1.82, 2.24) is 9.88 Å². The molecule has 1 fully saturated rings. The first kappa shape index (κ1) is 19.0. The lowest BCUT2D eigenvalue weighted by Gasteiger charge is -2.25. The van der Waals surface area contributed by atoms with E-state index in [2.05, 4.69) is 11.1 Å². The van der Waals surface area contributed by atoms with Crippen LogP contribution in [-0.2, 0) is 9.47 Å². The van der Waals surface area contributed by atoms with Crippen molar-refractivity contribution in [2.75, 3.05) is 33.4 Å². The lowest BCUT2D eigenvalue weighted by atomic mass is 10.1. The molecule has 0 unspecified atom stereocenters. The van der Waals surface area contributed by atoms with Gasteiger partial charge < -0.3 is 14.4 Å². The van der Waals surface area contributed by atoms with E-state index in [9.17, 15) is 4.79 Å². The van der Waals surface area contributed by atoms with Crippen molar-refractivity contribution in [3.8, 4) is 17.3 Å². The Hall–Kier alpha value is -2.75. The lowest BCUT2D eigenvalue weighted by Crippen LogP contribution is -2.39. The first-order valence-electron chi connectivity index (χ1n) is 9.07. The van der Waals surface area contributed by atoms with Crippen molar-refractivity contribution in [3.05, 3.63) is 53.7 Å². The maximum absolute atomic E-state index is 12.9. The lowest BCUT2D eigenvalue weighted by molar-refractivity contribution is 0.0456. The molecule has 140 valence electrons. The molecule has 2 aromatic rings. The van der Waals surface area contributed by atoms with Crippen LogP contribution in [0.4, 0.5) is 0 Å². The topological polar surface area (TPSA) is 75.5 Å². The SMILES string of the molecule is COCCN(C[C@@H]1CCCO1)C(=O)c1ccc(-c2cc(C#N)ccn2)cc1. The smallest absolute Gasteiger partial charge is 0.254 e. The number of aromatic nitrogens is 1. The third-order valence-corrected chi connectivity index (χ3v) is 4.62. The van der Waals surface area contributed by atoms with Crippen LogP contribution >= 0.6 is 0 Å². The van der Waals surface area contributed by atoms with Crippen molar-refractivity contribution in [2.24, 2.45) is 0 Å². The van der Waals surface area contributed by atoms with E-state index in [1.807, 2.05) is 12.1 Å². The highest BCUT2D eigenvalue weighted by molar-refractivity contribution is 5.94. The summed E-state index contributed by atoms with van der Waals surface area (Å²) in [7, 11) is 1.63. The minimum atomic E-state index is -0.0344. The molecule has 0 spiro atoms. The monoisotopic (exact) mass is 365 g/mol. The Balaban J connectivity index is 1.74. The number of hydrogen-bond acceptors (Lipinski definition) is 5. The van der Waals surface area contributed by atoms with Gasteiger partial charge in [0.25, 0.3) is 5.91 Å². The molecular formula is C21H23N3O3. The van der Waals surface area contributed by atoms with E-state index in [1.54, 1.807) is 42.5 Å². The van der Waals surface area contributed by atoms with Crippen LogP contribution in [0.15, 0.2) is 42.6 Å². The Bertz CT molecular complexity index is 808. The van der Waals surface area contributed by atoms with Gasteiger partial charge in [-0.2, -0.15) is 5.26 Å². The first-order valence-corrected chi connectivity index (χ1v) is 9.07. The molecule has 0 aliphatic carbocycles. The van der Waals surface area contributed by atoms with Gasteiger partial charge in [-0.25, -0.2) is 0 Å². The molecule has 0 saturated carbocycles. The number of pyridine rings is 1. The zero-order valence-electron chi connectivity index (χ0n) is 15.4. The number of carbonyl (C=O) groups excluding carboxylic acids is 1. The number of amides is 1. The highest BCUT2D eigenvalue weighted by Crippen LogP contribution is 2.20. The van der Waals surface area contributed by atoms with Gasteiger partial charge in [-0.3, -0.25) is 9.78 Å². The molecule has 1 saturated heterocycles. The minimum Gasteiger partial charge on any atom is -0.383 e. The van der Waals surface area contributed by atoms with Gasteiger partial charge >= 0.3 is 0 Å². The van der Waals surface area contributed by atoms with Crippen LogP contribution in [0, 0.1) is 11.3 Å². The highest BCUT2D eigenvalue weighted by atomic mass is 16.5. The number of benzene rings is 1. The Morgan fingerprint density at radius 2 is 2.19 bits per heavy atom. The second-order valence-corrected chi connectivity index (χ2v) is 6.50. The molecular weight excluding hydrogens is 342 g/mol. The van der Waals surface area contributed by atoms with E-state index >= 15 is 0 Å². The van der Waals surface area contributed by atoms with Gasteiger partial charge in [0, 0.05) is 44.1 Å². The maximum Gasteiger partial charge on any atom is 0.254 e. The normalized spacial score (nSPS) is 16.1. The quantitative estimate of drug-likeness (QED) is 0.754. The summed E-state index contributed by atoms with van der Waals surface area (Å²) in [5.74, 6) is -0.0344. The molecule has 0 bridgehead atoms. The Labute approximate surface area is 159 Å². The average molecular weight is 365 g/mol. The Morgan fingerprint density at radius 3 is 2.85 bits per heavy atom. The molecule has 1 aliphatic rings. The van der Waals surface area contributed by atoms with E-state index in [-0.39, 0.29) is 12.0 Å². The van der Waals surface area contributed by atoms with Gasteiger partial charge in [0.2, 0.25) is 0 Å². The summed E-state index contributed by atoms with van der Waals surface area (Å²) in [6.45, 7) is 2.36. The fourth-order valence-corrected chi connectivity index (χ4v) is 3.14. The van der Waals surface area contributed by atoms with E-state index in [0.717, 1.165) is 25.0 Å². The number of rotatable bonds is 7. The first-order chi connectivity index (χ1) is 13.2. The highest BCUT2D eigenvalue weighted by Gasteiger charge is 2.23. The van der Waals surface area contributed by atoms with Gasteiger partial charge in [0.1, 0.15) is 0 Å². The van der Waals surface area contributed by atoms with Crippen molar-refractivity contribution >= 4 is 5.91 Å². The van der Waals surface area contributed by atoms with Gasteiger partial charge in [0.05, 0.1) is 30.0 Å². The largest absolute Gasteiger partial charge is 0.383 e. The zero-order chi connectivity index (χ0) is 19.1. The molecule has 27 heavy (non-hydrogen) atoms. The van der Waals surface area contributed by atoms with Crippen LogP contribution in [0.25, 0.3) is 11.3 Å². The molecule has 0 radical (unpaired) electrons. The van der Waals surface area contributed by atoms with E-state index < -0.39 is 0 Å². The second-order valence-electron chi connectivity index (χ2n) is 6.50. The molecule has 1 aromatic carbocycles. The molecule has 3 rings (SSSR count). The summed E-state index contributed by atoms with van der Waals surface area (Å²) < 4.78 is 10.8. The third-order valence-electron chi connectivity index (χ3n) is 4.62. The molecule has 1 atom stereocenters. The van der Waals surface area contributed by atoms with Crippen molar-refractivity contribution < 1.29 is 14.3 Å². The van der Waals surface area contributed by atoms with E-state index in [4.69, 9.17) is 14.7 Å². The number of methoxy groups -OCH3 is 1. The molecule has 1 aromatic heterocycles. The summed E-state index contributed by atoms with van der Waals surface area (Å²) in [4.78, 5) is 19.0. The zero-order valence-corrected chi connectivity index (χ0v) is 15.4.